The van der Waals surface area contributed by atoms with Gasteiger partial charge in [-0.2, -0.15) is 0 Å². The highest BCUT2D eigenvalue weighted by molar-refractivity contribution is 8.00. The average Bonchev–Trinajstić information content (AvgIpc) is 2.80. The second kappa shape index (κ2) is 9.01. The van der Waals surface area contributed by atoms with Gasteiger partial charge in [-0.15, -0.1) is 11.8 Å². The first-order valence-electron chi connectivity index (χ1n) is 9.62. The monoisotopic (exact) mass is 316 g/mol. The van der Waals surface area contributed by atoms with Crippen molar-refractivity contribution in [2.45, 2.75) is 87.2 Å². The molecule has 0 heterocycles. The molecule has 0 nitrogen and oxygen atoms in total. The summed E-state index contributed by atoms with van der Waals surface area (Å²) in [5, 5.41) is 0.863. The van der Waals surface area contributed by atoms with Gasteiger partial charge >= 0.3 is 0 Å². The topological polar surface area (TPSA) is 0 Å². The van der Waals surface area contributed by atoms with Crippen molar-refractivity contribution in [3.05, 3.63) is 30.3 Å². The lowest BCUT2D eigenvalue weighted by Crippen LogP contribution is -2.09. The SMILES string of the molecule is c1ccc(SC2CCCC(CCC3CCCCC3)CC2)cc1. The van der Waals surface area contributed by atoms with Crippen LogP contribution in [0.2, 0.25) is 0 Å². The minimum absolute atomic E-state index is 0.863. The zero-order chi connectivity index (χ0) is 15.0. The van der Waals surface area contributed by atoms with Crippen molar-refractivity contribution in [3.63, 3.8) is 0 Å². The summed E-state index contributed by atoms with van der Waals surface area (Å²) in [6, 6.07) is 11.0. The molecule has 1 aromatic carbocycles. The van der Waals surface area contributed by atoms with Crippen molar-refractivity contribution < 1.29 is 0 Å². The smallest absolute Gasteiger partial charge is 0.00945 e. The van der Waals surface area contributed by atoms with E-state index in [1.165, 1.54) is 81.9 Å². The Balaban J connectivity index is 1.39. The molecule has 0 N–H and O–H groups in total. The first-order chi connectivity index (χ1) is 10.9. The molecule has 2 unspecified atom stereocenters. The quantitative estimate of drug-likeness (QED) is 0.522. The van der Waals surface area contributed by atoms with E-state index >= 15 is 0 Å². The Labute approximate surface area is 141 Å². The molecule has 0 radical (unpaired) electrons. The van der Waals surface area contributed by atoms with Crippen LogP contribution < -0.4 is 0 Å². The Kier molecular flexibility index (Phi) is 6.73. The van der Waals surface area contributed by atoms with E-state index in [1.54, 1.807) is 0 Å². The Morgan fingerprint density at radius 2 is 1.36 bits per heavy atom. The highest BCUT2D eigenvalue weighted by Gasteiger charge is 2.21. The summed E-state index contributed by atoms with van der Waals surface area (Å²) in [7, 11) is 0. The van der Waals surface area contributed by atoms with Gasteiger partial charge in [-0.3, -0.25) is 0 Å². The van der Waals surface area contributed by atoms with E-state index in [0.717, 1.165) is 17.1 Å². The molecular weight excluding hydrogens is 284 g/mol. The van der Waals surface area contributed by atoms with Crippen LogP contribution in [-0.4, -0.2) is 5.25 Å². The standard InChI is InChI=1S/C21H32S/c1-3-8-18(9-4-1)14-15-19-10-7-13-21(17-16-19)22-20-11-5-2-6-12-20/h2,5-6,11-12,18-19,21H,1,3-4,7-10,13-17H2. The summed E-state index contributed by atoms with van der Waals surface area (Å²) in [5.41, 5.74) is 0. The van der Waals surface area contributed by atoms with Crippen molar-refractivity contribution in [3.8, 4) is 0 Å². The van der Waals surface area contributed by atoms with E-state index < -0.39 is 0 Å². The molecule has 0 amide bonds. The molecule has 0 bridgehead atoms. The predicted molar refractivity (Wildman–Crippen MR) is 98.5 cm³/mol. The second-order valence-electron chi connectivity index (χ2n) is 7.51. The minimum atomic E-state index is 0.863. The van der Waals surface area contributed by atoms with E-state index in [2.05, 4.69) is 42.1 Å². The maximum absolute atomic E-state index is 2.27. The highest BCUT2D eigenvalue weighted by atomic mass is 32.2. The van der Waals surface area contributed by atoms with Crippen molar-refractivity contribution in [2.24, 2.45) is 11.8 Å². The molecule has 0 aromatic heterocycles. The Hall–Kier alpha value is -0.430. The molecule has 1 heteroatoms. The summed E-state index contributed by atoms with van der Waals surface area (Å²) in [6.07, 6.45) is 17.9. The van der Waals surface area contributed by atoms with Crippen LogP contribution in [0.5, 0.6) is 0 Å². The Bertz CT molecular complexity index is 407. The fourth-order valence-electron chi connectivity index (χ4n) is 4.39. The molecule has 0 spiro atoms. The van der Waals surface area contributed by atoms with Gasteiger partial charge in [0.2, 0.25) is 0 Å². The molecule has 2 atom stereocenters. The molecule has 122 valence electrons. The lowest BCUT2D eigenvalue weighted by atomic mass is 9.83. The highest BCUT2D eigenvalue weighted by Crippen LogP contribution is 2.37. The first-order valence-corrected chi connectivity index (χ1v) is 10.5. The number of thioether (sulfide) groups is 1. The third kappa shape index (κ3) is 5.33. The Morgan fingerprint density at radius 1 is 0.682 bits per heavy atom. The van der Waals surface area contributed by atoms with Gasteiger partial charge in [-0.25, -0.2) is 0 Å². The fraction of sp³-hybridized carbons (Fsp3) is 0.714. The number of hydrogen-bond acceptors (Lipinski definition) is 1. The molecule has 0 aliphatic heterocycles. The van der Waals surface area contributed by atoms with E-state index in [-0.39, 0.29) is 0 Å². The molecule has 0 saturated heterocycles. The maximum Gasteiger partial charge on any atom is 0.00945 e. The summed E-state index contributed by atoms with van der Waals surface area (Å²) in [6.45, 7) is 0. The van der Waals surface area contributed by atoms with Crippen LogP contribution >= 0.6 is 11.8 Å². The lowest BCUT2D eigenvalue weighted by molar-refractivity contribution is 0.297. The lowest BCUT2D eigenvalue weighted by Gasteiger charge is -2.23. The van der Waals surface area contributed by atoms with Crippen molar-refractivity contribution >= 4 is 11.8 Å². The van der Waals surface area contributed by atoms with Crippen molar-refractivity contribution in [1.82, 2.24) is 0 Å². The van der Waals surface area contributed by atoms with Crippen LogP contribution in [0.3, 0.4) is 0 Å². The summed E-state index contributed by atoms with van der Waals surface area (Å²) in [5.74, 6) is 2.11. The van der Waals surface area contributed by atoms with E-state index in [4.69, 9.17) is 0 Å². The van der Waals surface area contributed by atoms with E-state index in [1.807, 2.05) is 0 Å². The number of rotatable bonds is 5. The van der Waals surface area contributed by atoms with Crippen LogP contribution in [0.15, 0.2) is 35.2 Å². The van der Waals surface area contributed by atoms with Crippen molar-refractivity contribution in [1.29, 1.82) is 0 Å². The van der Waals surface area contributed by atoms with Gasteiger partial charge in [0.25, 0.3) is 0 Å². The van der Waals surface area contributed by atoms with Gasteiger partial charge in [0.05, 0.1) is 0 Å². The third-order valence-electron chi connectivity index (χ3n) is 5.79. The first kappa shape index (κ1) is 16.4. The van der Waals surface area contributed by atoms with Crippen molar-refractivity contribution in [2.75, 3.05) is 0 Å². The van der Waals surface area contributed by atoms with Gasteiger partial charge in [0.1, 0.15) is 0 Å². The molecule has 2 saturated carbocycles. The molecule has 22 heavy (non-hydrogen) atoms. The van der Waals surface area contributed by atoms with Crippen LogP contribution in [-0.2, 0) is 0 Å². The minimum Gasteiger partial charge on any atom is -0.123 e. The van der Waals surface area contributed by atoms with Crippen LogP contribution in [0.4, 0.5) is 0 Å². The van der Waals surface area contributed by atoms with E-state index in [9.17, 15) is 0 Å². The summed E-state index contributed by atoms with van der Waals surface area (Å²) in [4.78, 5) is 1.47. The van der Waals surface area contributed by atoms with Gasteiger partial charge in [0, 0.05) is 10.1 Å². The van der Waals surface area contributed by atoms with Gasteiger partial charge < -0.3 is 0 Å². The maximum atomic E-state index is 2.27. The van der Waals surface area contributed by atoms with Gasteiger partial charge in [0.15, 0.2) is 0 Å². The summed E-state index contributed by atoms with van der Waals surface area (Å²) < 4.78 is 0. The molecule has 3 rings (SSSR count). The number of hydrogen-bond donors (Lipinski definition) is 0. The zero-order valence-electron chi connectivity index (χ0n) is 14.0. The largest absolute Gasteiger partial charge is 0.123 e. The van der Waals surface area contributed by atoms with Crippen LogP contribution in [0, 0.1) is 11.8 Å². The molecule has 2 aliphatic rings. The third-order valence-corrected chi connectivity index (χ3v) is 7.14. The predicted octanol–water partition coefficient (Wildman–Crippen LogP) is 7.09. The van der Waals surface area contributed by atoms with Crippen LogP contribution in [0.25, 0.3) is 0 Å². The molecule has 2 fully saturated rings. The molecule has 2 aliphatic carbocycles. The normalized spacial score (nSPS) is 27.5. The second-order valence-corrected chi connectivity index (χ2v) is 8.88. The van der Waals surface area contributed by atoms with E-state index in [0.29, 0.717) is 0 Å². The summed E-state index contributed by atoms with van der Waals surface area (Å²) >= 11 is 2.13. The van der Waals surface area contributed by atoms with Gasteiger partial charge in [-0.05, 0) is 43.2 Å². The fourth-order valence-corrected chi connectivity index (χ4v) is 5.63. The molecule has 1 aromatic rings. The van der Waals surface area contributed by atoms with Crippen LogP contribution in [0.1, 0.15) is 77.0 Å². The Morgan fingerprint density at radius 3 is 2.14 bits per heavy atom. The van der Waals surface area contributed by atoms with Gasteiger partial charge in [-0.1, -0.05) is 76.0 Å². The average molecular weight is 317 g/mol. The zero-order valence-corrected chi connectivity index (χ0v) is 14.8. The number of benzene rings is 1. The molecular formula is C21H32S.